The Morgan fingerprint density at radius 1 is 1.65 bits per heavy atom. The first kappa shape index (κ1) is 11.6. The predicted octanol–water partition coefficient (Wildman–Crippen LogP) is 1.03. The first-order valence-corrected chi connectivity index (χ1v) is 5.85. The number of aromatic amines is 1. The lowest BCUT2D eigenvalue weighted by Gasteiger charge is -2.13. The van der Waals surface area contributed by atoms with Crippen molar-refractivity contribution in [1.29, 1.82) is 0 Å². The minimum atomic E-state index is -0.0637. The third-order valence-electron chi connectivity index (χ3n) is 2.37. The average Bonchev–Trinajstić information content (AvgIpc) is 2.89. The van der Waals surface area contributed by atoms with E-state index in [2.05, 4.69) is 15.2 Å². The standard InChI is InChI=1S/C10H13N5OS/c1-6-7(11)3-8(17-6)10(16)15(2)4-9-12-5-13-14-9/h3,5H,4,11H2,1-2H3,(H,12,13,14). The van der Waals surface area contributed by atoms with Gasteiger partial charge in [0, 0.05) is 17.6 Å². The van der Waals surface area contributed by atoms with Crippen molar-refractivity contribution in [2.24, 2.45) is 0 Å². The molecule has 0 aliphatic rings. The van der Waals surface area contributed by atoms with Crippen LogP contribution in [0.15, 0.2) is 12.4 Å². The van der Waals surface area contributed by atoms with Crippen LogP contribution >= 0.6 is 11.3 Å². The van der Waals surface area contributed by atoms with Gasteiger partial charge in [0.25, 0.3) is 5.91 Å². The van der Waals surface area contributed by atoms with Crippen LogP contribution in [0.1, 0.15) is 20.4 Å². The van der Waals surface area contributed by atoms with E-state index in [1.54, 1.807) is 18.0 Å². The maximum absolute atomic E-state index is 12.1. The lowest BCUT2D eigenvalue weighted by atomic mass is 10.3. The minimum absolute atomic E-state index is 0.0637. The fourth-order valence-corrected chi connectivity index (χ4v) is 2.33. The molecule has 3 N–H and O–H groups in total. The van der Waals surface area contributed by atoms with E-state index in [4.69, 9.17) is 5.73 Å². The van der Waals surface area contributed by atoms with Gasteiger partial charge >= 0.3 is 0 Å². The second-order valence-electron chi connectivity index (χ2n) is 3.72. The molecule has 6 nitrogen and oxygen atoms in total. The van der Waals surface area contributed by atoms with E-state index in [0.29, 0.717) is 22.9 Å². The molecule has 0 fully saturated rings. The lowest BCUT2D eigenvalue weighted by Crippen LogP contribution is -2.26. The van der Waals surface area contributed by atoms with Gasteiger partial charge in [-0.15, -0.1) is 11.3 Å². The molecule has 1 amide bonds. The van der Waals surface area contributed by atoms with Gasteiger partial charge in [0.15, 0.2) is 0 Å². The lowest BCUT2D eigenvalue weighted by molar-refractivity contribution is 0.0786. The molecule has 0 aliphatic carbocycles. The number of carbonyl (C=O) groups is 1. The Bertz CT molecular complexity index is 499. The highest BCUT2D eigenvalue weighted by molar-refractivity contribution is 7.14. The number of nitrogen functional groups attached to an aromatic ring is 1. The van der Waals surface area contributed by atoms with Gasteiger partial charge in [-0.25, -0.2) is 4.98 Å². The van der Waals surface area contributed by atoms with Crippen molar-refractivity contribution >= 4 is 22.9 Å². The molecule has 0 atom stereocenters. The van der Waals surface area contributed by atoms with E-state index >= 15 is 0 Å². The van der Waals surface area contributed by atoms with E-state index in [9.17, 15) is 4.79 Å². The summed E-state index contributed by atoms with van der Waals surface area (Å²) in [6.45, 7) is 2.29. The fourth-order valence-electron chi connectivity index (χ4n) is 1.39. The SMILES string of the molecule is Cc1sc(C(=O)N(C)Cc2ncn[nH]2)cc1N. The molecule has 7 heteroatoms. The molecule has 0 bridgehead atoms. The van der Waals surface area contributed by atoms with Crippen molar-refractivity contribution in [2.45, 2.75) is 13.5 Å². The van der Waals surface area contributed by atoms with Gasteiger partial charge in [-0.2, -0.15) is 5.10 Å². The van der Waals surface area contributed by atoms with Gasteiger partial charge in [-0.3, -0.25) is 9.89 Å². The zero-order valence-electron chi connectivity index (χ0n) is 9.60. The predicted molar refractivity (Wildman–Crippen MR) is 65.6 cm³/mol. The first-order valence-electron chi connectivity index (χ1n) is 5.03. The Morgan fingerprint density at radius 2 is 2.41 bits per heavy atom. The number of nitrogens with one attached hydrogen (secondary N) is 1. The van der Waals surface area contributed by atoms with Gasteiger partial charge in [0.1, 0.15) is 12.2 Å². The number of nitrogens with two attached hydrogens (primary N) is 1. The molecular formula is C10H13N5OS. The molecule has 0 spiro atoms. The summed E-state index contributed by atoms with van der Waals surface area (Å²) in [4.78, 5) is 19.2. The summed E-state index contributed by atoms with van der Waals surface area (Å²) in [5.41, 5.74) is 6.38. The van der Waals surface area contributed by atoms with Gasteiger partial charge in [-0.1, -0.05) is 0 Å². The monoisotopic (exact) mass is 251 g/mol. The average molecular weight is 251 g/mol. The number of carbonyl (C=O) groups excluding carboxylic acids is 1. The quantitative estimate of drug-likeness (QED) is 0.852. The highest BCUT2D eigenvalue weighted by Gasteiger charge is 2.16. The molecule has 2 aromatic rings. The fraction of sp³-hybridized carbons (Fsp3) is 0.300. The minimum Gasteiger partial charge on any atom is -0.398 e. The highest BCUT2D eigenvalue weighted by Crippen LogP contribution is 2.24. The van der Waals surface area contributed by atoms with Crippen LogP contribution in [0.4, 0.5) is 5.69 Å². The van der Waals surface area contributed by atoms with Crippen molar-refractivity contribution in [3.63, 3.8) is 0 Å². The van der Waals surface area contributed by atoms with Crippen LogP contribution in [0.25, 0.3) is 0 Å². The van der Waals surface area contributed by atoms with E-state index < -0.39 is 0 Å². The Balaban J connectivity index is 2.09. The summed E-state index contributed by atoms with van der Waals surface area (Å²) < 4.78 is 0. The first-order chi connectivity index (χ1) is 8.08. The second-order valence-corrected chi connectivity index (χ2v) is 4.97. The van der Waals surface area contributed by atoms with Crippen LogP contribution in [0, 0.1) is 6.92 Å². The number of hydrogen-bond acceptors (Lipinski definition) is 5. The van der Waals surface area contributed by atoms with E-state index in [1.165, 1.54) is 17.7 Å². The van der Waals surface area contributed by atoms with Crippen molar-refractivity contribution in [2.75, 3.05) is 12.8 Å². The topological polar surface area (TPSA) is 87.9 Å². The summed E-state index contributed by atoms with van der Waals surface area (Å²) >= 11 is 1.40. The number of aromatic nitrogens is 3. The van der Waals surface area contributed by atoms with Crippen LogP contribution in [-0.2, 0) is 6.54 Å². The van der Waals surface area contributed by atoms with Crippen molar-refractivity contribution in [3.05, 3.63) is 28.0 Å². The third kappa shape index (κ3) is 2.44. The van der Waals surface area contributed by atoms with E-state index in [1.807, 2.05) is 6.92 Å². The van der Waals surface area contributed by atoms with Crippen LogP contribution < -0.4 is 5.73 Å². The Kier molecular flexibility index (Phi) is 3.10. The second kappa shape index (κ2) is 4.54. The summed E-state index contributed by atoms with van der Waals surface area (Å²) in [7, 11) is 1.72. The van der Waals surface area contributed by atoms with Crippen LogP contribution in [-0.4, -0.2) is 33.0 Å². The zero-order valence-corrected chi connectivity index (χ0v) is 10.4. The number of anilines is 1. The summed E-state index contributed by atoms with van der Waals surface area (Å²) in [6.07, 6.45) is 1.42. The van der Waals surface area contributed by atoms with Gasteiger partial charge < -0.3 is 10.6 Å². The third-order valence-corrected chi connectivity index (χ3v) is 3.42. The molecule has 0 unspecified atom stereocenters. The summed E-state index contributed by atoms with van der Waals surface area (Å²) in [5, 5.41) is 6.45. The Morgan fingerprint density at radius 3 is 2.94 bits per heavy atom. The summed E-state index contributed by atoms with van der Waals surface area (Å²) in [5.74, 6) is 0.591. The normalized spacial score (nSPS) is 10.5. The van der Waals surface area contributed by atoms with Gasteiger partial charge in [0.2, 0.25) is 0 Å². The van der Waals surface area contributed by atoms with Crippen molar-refractivity contribution < 1.29 is 4.79 Å². The summed E-state index contributed by atoms with van der Waals surface area (Å²) in [6, 6.07) is 1.71. The maximum atomic E-state index is 12.1. The zero-order chi connectivity index (χ0) is 12.4. The van der Waals surface area contributed by atoms with Crippen LogP contribution in [0.2, 0.25) is 0 Å². The number of rotatable bonds is 3. The molecule has 2 heterocycles. The molecule has 0 saturated carbocycles. The molecule has 2 aromatic heterocycles. The molecule has 0 aromatic carbocycles. The Hall–Kier alpha value is -1.89. The number of aryl methyl sites for hydroxylation is 1. The van der Waals surface area contributed by atoms with E-state index in [-0.39, 0.29) is 5.91 Å². The van der Waals surface area contributed by atoms with Gasteiger partial charge in [0.05, 0.1) is 11.4 Å². The van der Waals surface area contributed by atoms with Crippen LogP contribution in [0.5, 0.6) is 0 Å². The highest BCUT2D eigenvalue weighted by atomic mass is 32.1. The van der Waals surface area contributed by atoms with E-state index in [0.717, 1.165) is 4.88 Å². The Labute approximate surface area is 102 Å². The molecule has 0 radical (unpaired) electrons. The number of amides is 1. The maximum Gasteiger partial charge on any atom is 0.264 e. The molecule has 2 rings (SSSR count). The molecule has 0 saturated heterocycles. The van der Waals surface area contributed by atoms with Gasteiger partial charge in [-0.05, 0) is 13.0 Å². The number of nitrogens with zero attached hydrogens (tertiary/aromatic N) is 3. The molecule has 0 aliphatic heterocycles. The number of thiophene rings is 1. The smallest absolute Gasteiger partial charge is 0.264 e. The van der Waals surface area contributed by atoms with Crippen molar-refractivity contribution in [3.8, 4) is 0 Å². The number of hydrogen-bond donors (Lipinski definition) is 2. The van der Waals surface area contributed by atoms with Crippen molar-refractivity contribution in [1.82, 2.24) is 20.1 Å². The number of H-pyrrole nitrogens is 1. The largest absolute Gasteiger partial charge is 0.398 e. The molecule has 90 valence electrons. The van der Waals surface area contributed by atoms with Crippen LogP contribution in [0.3, 0.4) is 0 Å². The molecular weight excluding hydrogens is 238 g/mol. The molecule has 17 heavy (non-hydrogen) atoms.